The summed E-state index contributed by atoms with van der Waals surface area (Å²) in [5.74, 6) is -1.26. The summed E-state index contributed by atoms with van der Waals surface area (Å²) in [5.41, 5.74) is 0.971. The monoisotopic (exact) mass is 388 g/mol. The maximum absolute atomic E-state index is 13.1. The molecule has 146 valence electrons. The molecule has 0 aromatic heterocycles. The summed E-state index contributed by atoms with van der Waals surface area (Å²) in [6.07, 6.45) is -1.27. The third kappa shape index (κ3) is 3.77. The van der Waals surface area contributed by atoms with Gasteiger partial charge in [-0.3, -0.25) is 0 Å². The van der Waals surface area contributed by atoms with Crippen LogP contribution in [0.2, 0.25) is 0 Å². The van der Waals surface area contributed by atoms with Crippen molar-refractivity contribution in [2.75, 3.05) is 6.61 Å². The highest BCUT2D eigenvalue weighted by atomic mass is 16.6. The molecule has 0 N–H and O–H groups in total. The molecule has 5 nitrogen and oxygen atoms in total. The number of hydrogen-bond acceptors (Lipinski definition) is 5. The van der Waals surface area contributed by atoms with E-state index in [4.69, 9.17) is 14.2 Å². The van der Waals surface area contributed by atoms with Crippen molar-refractivity contribution in [2.24, 2.45) is 0 Å². The average Bonchev–Trinajstić information content (AvgIpc) is 2.79. The van der Waals surface area contributed by atoms with E-state index in [2.05, 4.69) is 0 Å². The minimum Gasteiger partial charge on any atom is -0.458 e. The van der Waals surface area contributed by atoms with Crippen LogP contribution in [0.15, 0.2) is 91.0 Å². The second-order valence-electron chi connectivity index (χ2n) is 6.72. The van der Waals surface area contributed by atoms with Crippen LogP contribution < -0.4 is 0 Å². The number of rotatable bonds is 5. The summed E-state index contributed by atoms with van der Waals surface area (Å²) in [7, 11) is 0. The van der Waals surface area contributed by atoms with Crippen LogP contribution in [0.4, 0.5) is 0 Å². The Hall–Kier alpha value is -3.44. The largest absolute Gasteiger partial charge is 0.458 e. The summed E-state index contributed by atoms with van der Waals surface area (Å²) in [5, 5.41) is 0. The molecule has 0 amide bonds. The van der Waals surface area contributed by atoms with E-state index in [1.807, 2.05) is 91.0 Å². The summed E-state index contributed by atoms with van der Waals surface area (Å²) in [6.45, 7) is -0.181. The molecular formula is C24H20O5. The molecule has 3 aromatic carbocycles. The fourth-order valence-corrected chi connectivity index (χ4v) is 3.52. The van der Waals surface area contributed by atoms with E-state index < -0.39 is 23.6 Å². The van der Waals surface area contributed by atoms with Crippen molar-refractivity contribution in [1.29, 1.82) is 0 Å². The molecule has 0 bridgehead atoms. The van der Waals surface area contributed by atoms with E-state index >= 15 is 0 Å². The predicted octanol–water partition coefficient (Wildman–Crippen LogP) is 3.62. The summed E-state index contributed by atoms with van der Waals surface area (Å²) >= 11 is 0. The first-order chi connectivity index (χ1) is 14.2. The Bertz CT molecular complexity index is 930. The van der Waals surface area contributed by atoms with E-state index in [1.54, 1.807) is 0 Å². The lowest BCUT2D eigenvalue weighted by atomic mass is 9.80. The van der Waals surface area contributed by atoms with E-state index in [9.17, 15) is 9.59 Å². The van der Waals surface area contributed by atoms with Crippen LogP contribution in [0, 0.1) is 0 Å². The lowest BCUT2D eigenvalue weighted by Crippen LogP contribution is -2.55. The van der Waals surface area contributed by atoms with Gasteiger partial charge < -0.3 is 14.2 Å². The van der Waals surface area contributed by atoms with E-state index in [-0.39, 0.29) is 13.2 Å². The van der Waals surface area contributed by atoms with Crippen molar-refractivity contribution < 1.29 is 23.8 Å². The van der Waals surface area contributed by atoms with Crippen molar-refractivity contribution in [3.05, 3.63) is 108 Å². The zero-order chi connectivity index (χ0) is 20.1. The van der Waals surface area contributed by atoms with Gasteiger partial charge in [0.05, 0.1) is 0 Å². The van der Waals surface area contributed by atoms with Gasteiger partial charge in [-0.1, -0.05) is 91.0 Å². The van der Waals surface area contributed by atoms with E-state index in [0.717, 1.165) is 5.56 Å². The van der Waals surface area contributed by atoms with Crippen LogP contribution >= 0.6 is 0 Å². The summed E-state index contributed by atoms with van der Waals surface area (Å²) < 4.78 is 17.1. The highest BCUT2D eigenvalue weighted by molar-refractivity contribution is 5.83. The summed E-state index contributed by atoms with van der Waals surface area (Å²) in [6, 6.07) is 27.9. The zero-order valence-electron chi connectivity index (χ0n) is 15.7. The Morgan fingerprint density at radius 1 is 0.862 bits per heavy atom. The molecule has 1 atom stereocenters. The number of ether oxygens (including phenoxy) is 3. The Labute approximate surface area is 168 Å². The first-order valence-electron chi connectivity index (χ1n) is 9.35. The molecular weight excluding hydrogens is 368 g/mol. The molecule has 1 heterocycles. The molecule has 0 saturated carbocycles. The van der Waals surface area contributed by atoms with Gasteiger partial charge in [0.2, 0.25) is 6.10 Å². The average molecular weight is 388 g/mol. The van der Waals surface area contributed by atoms with Gasteiger partial charge in [-0.25, -0.2) is 9.59 Å². The first kappa shape index (κ1) is 18.9. The van der Waals surface area contributed by atoms with Crippen LogP contribution in [0.3, 0.4) is 0 Å². The van der Waals surface area contributed by atoms with Gasteiger partial charge in [0.15, 0.2) is 5.60 Å². The number of benzene rings is 3. The van der Waals surface area contributed by atoms with Crippen molar-refractivity contribution in [3.63, 3.8) is 0 Å². The van der Waals surface area contributed by atoms with Gasteiger partial charge >= 0.3 is 11.9 Å². The highest BCUT2D eigenvalue weighted by Crippen LogP contribution is 2.41. The number of cyclic esters (lactones) is 1. The minimum atomic E-state index is -1.29. The van der Waals surface area contributed by atoms with Gasteiger partial charge in [0, 0.05) is 0 Å². The van der Waals surface area contributed by atoms with Gasteiger partial charge in [-0.05, 0) is 16.7 Å². The van der Waals surface area contributed by atoms with E-state index in [0.29, 0.717) is 11.1 Å². The Balaban J connectivity index is 1.73. The highest BCUT2D eigenvalue weighted by Gasteiger charge is 2.54. The lowest BCUT2D eigenvalue weighted by molar-refractivity contribution is -0.214. The Morgan fingerprint density at radius 2 is 1.38 bits per heavy atom. The molecule has 3 aromatic rings. The van der Waals surface area contributed by atoms with Crippen LogP contribution in [-0.4, -0.2) is 24.6 Å². The zero-order valence-corrected chi connectivity index (χ0v) is 15.7. The topological polar surface area (TPSA) is 61.8 Å². The third-order valence-corrected chi connectivity index (χ3v) is 4.88. The summed E-state index contributed by atoms with van der Waals surface area (Å²) in [4.78, 5) is 25.1. The minimum absolute atomic E-state index is 0.0768. The van der Waals surface area contributed by atoms with Crippen LogP contribution in [0.25, 0.3) is 0 Å². The predicted molar refractivity (Wildman–Crippen MR) is 106 cm³/mol. The smallest absolute Gasteiger partial charge is 0.351 e. The van der Waals surface area contributed by atoms with Gasteiger partial charge in [0.1, 0.15) is 13.2 Å². The van der Waals surface area contributed by atoms with Gasteiger partial charge in [-0.2, -0.15) is 0 Å². The molecule has 0 aliphatic carbocycles. The van der Waals surface area contributed by atoms with Crippen molar-refractivity contribution >= 4 is 11.9 Å². The molecule has 1 aliphatic heterocycles. The lowest BCUT2D eigenvalue weighted by Gasteiger charge is -2.42. The molecule has 0 unspecified atom stereocenters. The van der Waals surface area contributed by atoms with Crippen molar-refractivity contribution in [3.8, 4) is 0 Å². The molecule has 1 aliphatic rings. The number of carbonyl (C=O) groups excluding carboxylic acids is 2. The number of esters is 2. The van der Waals surface area contributed by atoms with Gasteiger partial charge in [0.25, 0.3) is 0 Å². The maximum atomic E-state index is 13.1. The fraction of sp³-hybridized carbons (Fsp3) is 0.167. The molecule has 4 rings (SSSR count). The molecule has 29 heavy (non-hydrogen) atoms. The molecule has 5 heteroatoms. The first-order valence-corrected chi connectivity index (χ1v) is 9.35. The number of carbonyl (C=O) groups is 2. The normalized spacial score (nSPS) is 17.9. The Morgan fingerprint density at radius 3 is 1.93 bits per heavy atom. The van der Waals surface area contributed by atoms with E-state index in [1.165, 1.54) is 0 Å². The molecule has 1 saturated heterocycles. The van der Waals surface area contributed by atoms with Crippen molar-refractivity contribution in [1.82, 2.24) is 0 Å². The molecule has 0 spiro atoms. The molecule has 0 radical (unpaired) electrons. The van der Waals surface area contributed by atoms with Crippen LogP contribution in [0.1, 0.15) is 16.7 Å². The molecule has 1 fully saturated rings. The fourth-order valence-electron chi connectivity index (χ4n) is 3.52. The second kappa shape index (κ2) is 8.29. The Kier molecular flexibility index (Phi) is 5.40. The third-order valence-electron chi connectivity index (χ3n) is 4.88. The maximum Gasteiger partial charge on any atom is 0.351 e. The van der Waals surface area contributed by atoms with Crippen molar-refractivity contribution in [2.45, 2.75) is 18.3 Å². The second-order valence-corrected chi connectivity index (χ2v) is 6.72. The van der Waals surface area contributed by atoms with Crippen LogP contribution in [-0.2, 0) is 36.0 Å². The standard InChI is InChI=1S/C24H20O5/c25-21-17-28-24(19-12-6-2-7-13-19,20-14-8-3-9-15-20)22(29-21)23(26)27-16-18-10-4-1-5-11-18/h1-15,22H,16-17H2/t22-/m1/s1. The quantitative estimate of drug-likeness (QED) is 0.625. The van der Waals surface area contributed by atoms with Crippen LogP contribution in [0.5, 0.6) is 0 Å². The van der Waals surface area contributed by atoms with Gasteiger partial charge in [-0.15, -0.1) is 0 Å². The number of hydrogen-bond donors (Lipinski definition) is 0. The SMILES string of the molecule is O=C1COC(c2ccccc2)(c2ccccc2)[C@@H](C(=O)OCc2ccccc2)O1.